The van der Waals surface area contributed by atoms with Gasteiger partial charge in [0.05, 0.1) is 12.3 Å². The Labute approximate surface area is 112 Å². The van der Waals surface area contributed by atoms with Crippen molar-refractivity contribution in [2.75, 3.05) is 0 Å². The molecule has 0 unspecified atom stereocenters. The molecule has 0 amide bonds. The predicted octanol–water partition coefficient (Wildman–Crippen LogP) is 2.22. The van der Waals surface area contributed by atoms with Gasteiger partial charge >= 0.3 is 0 Å². The van der Waals surface area contributed by atoms with Crippen LogP contribution in [0.4, 0.5) is 0 Å². The lowest BCUT2D eigenvalue weighted by Crippen LogP contribution is -2.36. The Morgan fingerprint density at radius 2 is 1.63 bits per heavy atom. The summed E-state index contributed by atoms with van der Waals surface area (Å²) in [6.45, 7) is 0.738. The molecule has 0 bridgehead atoms. The van der Waals surface area contributed by atoms with Gasteiger partial charge in [0.2, 0.25) is 0 Å². The van der Waals surface area contributed by atoms with E-state index < -0.39 is 0 Å². The van der Waals surface area contributed by atoms with Gasteiger partial charge < -0.3 is 0 Å². The van der Waals surface area contributed by atoms with E-state index in [1.165, 1.54) is 5.56 Å². The molecule has 2 aromatic carbocycles. The summed E-state index contributed by atoms with van der Waals surface area (Å²) in [4.78, 5) is 0. The van der Waals surface area contributed by atoms with Crippen LogP contribution in [0.5, 0.6) is 0 Å². The van der Waals surface area contributed by atoms with Gasteiger partial charge in [-0.1, -0.05) is 48.5 Å². The van der Waals surface area contributed by atoms with Crippen LogP contribution in [0, 0.1) is 6.20 Å². The lowest BCUT2D eigenvalue weighted by Gasteiger charge is -2.02. The molecule has 0 fully saturated rings. The van der Waals surface area contributed by atoms with E-state index in [0.717, 1.165) is 17.8 Å². The summed E-state index contributed by atoms with van der Waals surface area (Å²) >= 11 is 0. The van der Waals surface area contributed by atoms with Crippen LogP contribution in [-0.2, 0) is 13.6 Å². The molecule has 3 heteroatoms. The minimum absolute atomic E-state index is 0.738. The average Bonchev–Trinajstić information content (AvgIpc) is 2.82. The molecule has 19 heavy (non-hydrogen) atoms. The zero-order valence-corrected chi connectivity index (χ0v) is 10.8. The highest BCUT2D eigenvalue weighted by Gasteiger charge is 2.05. The fraction of sp³-hybridized carbons (Fsp3) is 0.125. The highest BCUT2D eigenvalue weighted by Crippen LogP contribution is 2.14. The van der Waals surface area contributed by atoms with Gasteiger partial charge in [0.1, 0.15) is 6.54 Å². The van der Waals surface area contributed by atoms with Gasteiger partial charge in [-0.25, -0.2) is 4.68 Å². The van der Waals surface area contributed by atoms with E-state index in [1.807, 2.05) is 52.8 Å². The lowest BCUT2D eigenvalue weighted by molar-refractivity contribution is -0.750. The summed E-state index contributed by atoms with van der Waals surface area (Å²) < 4.78 is 3.70. The van der Waals surface area contributed by atoms with Crippen molar-refractivity contribution in [3.05, 3.63) is 72.4 Å². The first-order valence-corrected chi connectivity index (χ1v) is 6.29. The number of hydrogen-bond acceptors (Lipinski definition) is 1. The van der Waals surface area contributed by atoms with Crippen molar-refractivity contribution < 1.29 is 4.68 Å². The third-order valence-corrected chi connectivity index (χ3v) is 3.02. The molecule has 0 N–H and O–H groups in total. The van der Waals surface area contributed by atoms with Gasteiger partial charge in [-0.15, -0.1) is 17.7 Å². The Morgan fingerprint density at radius 1 is 1.00 bits per heavy atom. The molecule has 0 spiro atoms. The van der Waals surface area contributed by atoms with Crippen molar-refractivity contribution in [1.29, 1.82) is 0 Å². The molecule has 94 valence electrons. The van der Waals surface area contributed by atoms with E-state index in [1.54, 1.807) is 0 Å². The molecule has 3 aromatic rings. The molecule has 3 rings (SSSR count). The zero-order chi connectivity index (χ0) is 13.1. The maximum atomic E-state index is 4.46. The van der Waals surface area contributed by atoms with Gasteiger partial charge in [0.25, 0.3) is 0 Å². The smallest absolute Gasteiger partial charge is 0.118 e. The molecule has 0 radical (unpaired) electrons. The van der Waals surface area contributed by atoms with Crippen molar-refractivity contribution in [2.24, 2.45) is 7.05 Å². The minimum atomic E-state index is 0.738. The van der Waals surface area contributed by atoms with E-state index >= 15 is 0 Å². The predicted molar refractivity (Wildman–Crippen MR) is 73.2 cm³/mol. The van der Waals surface area contributed by atoms with Crippen LogP contribution in [-0.4, -0.2) is 9.90 Å². The molecule has 1 aromatic heterocycles. The molecule has 1 heterocycles. The first-order valence-electron chi connectivity index (χ1n) is 6.29. The summed E-state index contributed by atoms with van der Waals surface area (Å²) in [5.41, 5.74) is 3.35. The maximum Gasteiger partial charge on any atom is 0.118 e. The lowest BCUT2D eigenvalue weighted by atomic mass is 10.2. The molecule has 0 atom stereocenters. The number of hydrogen-bond donors (Lipinski definition) is 0. The van der Waals surface area contributed by atoms with E-state index in [2.05, 4.69) is 35.7 Å². The number of aromatic nitrogens is 3. The van der Waals surface area contributed by atoms with Crippen LogP contribution in [0.1, 0.15) is 5.56 Å². The Kier molecular flexibility index (Phi) is 3.11. The SMILES string of the molecule is Cn1n[n+](Cc2ccccc2)[c-]c1-c1ccccc1. The van der Waals surface area contributed by atoms with E-state index in [9.17, 15) is 0 Å². The fourth-order valence-corrected chi connectivity index (χ4v) is 2.10. The van der Waals surface area contributed by atoms with Crippen LogP contribution in [0.15, 0.2) is 60.7 Å². The number of rotatable bonds is 3. The van der Waals surface area contributed by atoms with Crippen LogP contribution in [0.25, 0.3) is 11.3 Å². The highest BCUT2D eigenvalue weighted by molar-refractivity contribution is 5.56. The van der Waals surface area contributed by atoms with E-state index in [-0.39, 0.29) is 0 Å². The summed E-state index contributed by atoms with van der Waals surface area (Å²) in [6, 6.07) is 20.5. The molecule has 0 aliphatic heterocycles. The fourth-order valence-electron chi connectivity index (χ4n) is 2.10. The van der Waals surface area contributed by atoms with Crippen molar-refractivity contribution in [3.63, 3.8) is 0 Å². The number of nitrogens with zero attached hydrogens (tertiary/aromatic N) is 3. The first kappa shape index (κ1) is 11.7. The maximum absolute atomic E-state index is 4.46. The third-order valence-electron chi connectivity index (χ3n) is 3.02. The summed E-state index contributed by atoms with van der Waals surface area (Å²) in [5, 5.41) is 4.46. The van der Waals surface area contributed by atoms with Crippen molar-refractivity contribution >= 4 is 0 Å². The number of benzene rings is 2. The van der Waals surface area contributed by atoms with Gasteiger partial charge in [-0.2, -0.15) is 4.68 Å². The minimum Gasteiger partial charge on any atom is -0.218 e. The van der Waals surface area contributed by atoms with Gasteiger partial charge in [0, 0.05) is 11.9 Å². The highest BCUT2D eigenvalue weighted by atomic mass is 15.5. The zero-order valence-electron chi connectivity index (χ0n) is 10.8. The van der Waals surface area contributed by atoms with Crippen LogP contribution in [0.3, 0.4) is 0 Å². The molecule has 0 saturated carbocycles. The Balaban J connectivity index is 1.90. The van der Waals surface area contributed by atoms with Crippen molar-refractivity contribution in [3.8, 4) is 11.3 Å². The van der Waals surface area contributed by atoms with Crippen LogP contribution in [0.2, 0.25) is 0 Å². The van der Waals surface area contributed by atoms with Crippen molar-refractivity contribution in [1.82, 2.24) is 9.90 Å². The Bertz CT molecular complexity index is 657. The normalized spacial score (nSPS) is 10.6. The molecular weight excluding hydrogens is 234 g/mol. The molecule has 0 aliphatic rings. The summed E-state index contributed by atoms with van der Waals surface area (Å²) in [7, 11) is 1.94. The largest absolute Gasteiger partial charge is 0.218 e. The number of aryl methyl sites for hydroxylation is 1. The standard InChI is InChI=1S/C16H15N3/c1-18-16(15-10-6-3-7-11-15)13-19(17-18)12-14-8-4-2-5-9-14/h2-11H,12H2,1H3. The van der Waals surface area contributed by atoms with Gasteiger partial charge in [0.15, 0.2) is 0 Å². The third kappa shape index (κ3) is 2.55. The molecule has 3 nitrogen and oxygen atoms in total. The summed E-state index contributed by atoms with van der Waals surface area (Å²) in [5.74, 6) is 0. The second-order valence-corrected chi connectivity index (χ2v) is 4.48. The molecular formula is C16H15N3. The topological polar surface area (TPSA) is 21.7 Å². The summed E-state index contributed by atoms with van der Waals surface area (Å²) in [6.07, 6.45) is 3.31. The van der Waals surface area contributed by atoms with Gasteiger partial charge in [-0.05, 0) is 5.56 Å². The first-order chi connectivity index (χ1) is 9.33. The van der Waals surface area contributed by atoms with Crippen LogP contribution < -0.4 is 4.68 Å². The molecule has 0 saturated heterocycles. The second kappa shape index (κ2) is 5.06. The van der Waals surface area contributed by atoms with E-state index in [4.69, 9.17) is 0 Å². The second-order valence-electron chi connectivity index (χ2n) is 4.48. The molecule has 0 aliphatic carbocycles. The Hall–Kier alpha value is -2.42. The quantitative estimate of drug-likeness (QED) is 0.515. The van der Waals surface area contributed by atoms with Gasteiger partial charge in [-0.3, -0.25) is 0 Å². The Morgan fingerprint density at radius 3 is 2.32 bits per heavy atom. The average molecular weight is 249 g/mol. The van der Waals surface area contributed by atoms with Crippen molar-refractivity contribution in [2.45, 2.75) is 6.54 Å². The van der Waals surface area contributed by atoms with Crippen LogP contribution >= 0.6 is 0 Å². The monoisotopic (exact) mass is 249 g/mol. The van der Waals surface area contributed by atoms with E-state index in [0.29, 0.717) is 0 Å².